The third-order valence-electron chi connectivity index (χ3n) is 4.41. The number of hydrogen-bond acceptors (Lipinski definition) is 6. The molecule has 0 unspecified atom stereocenters. The first kappa shape index (κ1) is 18.2. The number of amides is 1. The first-order chi connectivity index (χ1) is 12.5. The molecule has 0 spiro atoms. The summed E-state index contributed by atoms with van der Waals surface area (Å²) >= 11 is 1.28. The Morgan fingerprint density at radius 3 is 2.62 bits per heavy atom. The molecule has 1 aromatic heterocycles. The van der Waals surface area contributed by atoms with Gasteiger partial charge in [-0.25, -0.2) is 4.98 Å². The Morgan fingerprint density at radius 2 is 1.96 bits per heavy atom. The maximum absolute atomic E-state index is 13.0. The number of aromatic nitrogens is 2. The molecule has 1 aliphatic heterocycles. The molecule has 1 N–H and O–H groups in total. The topological polar surface area (TPSA) is 93.1 Å². The van der Waals surface area contributed by atoms with Crippen LogP contribution in [0.5, 0.6) is 0 Å². The van der Waals surface area contributed by atoms with Gasteiger partial charge in [-0.15, -0.1) is 0 Å². The van der Waals surface area contributed by atoms with E-state index in [-0.39, 0.29) is 17.2 Å². The molecule has 2 heterocycles. The lowest BCUT2D eigenvalue weighted by Crippen LogP contribution is -2.47. The molecule has 1 aliphatic rings. The second-order valence-corrected chi connectivity index (χ2v) is 6.85. The van der Waals surface area contributed by atoms with Crippen LogP contribution in [-0.4, -0.2) is 65.2 Å². The second-order valence-electron chi connectivity index (χ2n) is 6.05. The molecule has 0 radical (unpaired) electrons. The van der Waals surface area contributed by atoms with Gasteiger partial charge >= 0.3 is 0 Å². The molecule has 0 aliphatic carbocycles. The Bertz CT molecular complexity index is 926. The molecule has 26 heavy (non-hydrogen) atoms. The number of nitrogens with one attached hydrogen (secondary N) is 1. The van der Waals surface area contributed by atoms with E-state index in [9.17, 15) is 14.9 Å². The molecular weight excluding hydrogens is 350 g/mol. The monoisotopic (exact) mass is 369 g/mol. The molecule has 0 saturated carbocycles. The van der Waals surface area contributed by atoms with Crippen molar-refractivity contribution in [3.63, 3.8) is 0 Å². The Kier molecular flexibility index (Phi) is 5.40. The van der Waals surface area contributed by atoms with Crippen LogP contribution in [0.25, 0.3) is 11.3 Å². The average molecular weight is 369 g/mol. The van der Waals surface area contributed by atoms with Gasteiger partial charge in [0.25, 0.3) is 11.5 Å². The number of thioether (sulfide) groups is 1. The lowest BCUT2D eigenvalue weighted by Gasteiger charge is -2.32. The number of rotatable bonds is 3. The van der Waals surface area contributed by atoms with Crippen LogP contribution in [0.1, 0.15) is 15.9 Å². The molecule has 1 saturated heterocycles. The summed E-state index contributed by atoms with van der Waals surface area (Å²) in [5.74, 6) is -0.106. The first-order valence-electron chi connectivity index (χ1n) is 8.20. The van der Waals surface area contributed by atoms with Gasteiger partial charge in [0.05, 0.1) is 5.69 Å². The van der Waals surface area contributed by atoms with Gasteiger partial charge in [0.15, 0.2) is 5.16 Å². The lowest BCUT2D eigenvalue weighted by atomic mass is 10.00. The van der Waals surface area contributed by atoms with Gasteiger partial charge in [-0.05, 0) is 19.4 Å². The minimum atomic E-state index is -0.497. The van der Waals surface area contributed by atoms with E-state index >= 15 is 0 Å². The molecule has 134 valence electrons. The number of likely N-dealkylation sites (N-methyl/N-ethyl adjacent to an activating group) is 1. The Labute approximate surface area is 155 Å². The molecule has 7 nitrogen and oxygen atoms in total. The second kappa shape index (κ2) is 7.72. The maximum atomic E-state index is 13.0. The molecule has 8 heteroatoms. The largest absolute Gasteiger partial charge is 0.336 e. The van der Waals surface area contributed by atoms with Crippen LogP contribution in [0, 0.1) is 11.3 Å². The standard InChI is InChI=1S/C18H19N5O2S/c1-22-7-9-23(10-8-22)17(25)13-6-4-3-5-12(13)15-14(11-19)16(24)21-18(20-15)26-2/h3-6H,7-10H2,1-2H3,(H,20,21,24). The van der Waals surface area contributed by atoms with Gasteiger partial charge < -0.3 is 14.8 Å². The first-order valence-corrected chi connectivity index (χ1v) is 9.43. The fourth-order valence-electron chi connectivity index (χ4n) is 2.90. The molecule has 3 rings (SSSR count). The van der Waals surface area contributed by atoms with Crippen molar-refractivity contribution in [2.75, 3.05) is 39.5 Å². The number of carbonyl (C=O) groups is 1. The highest BCUT2D eigenvalue weighted by atomic mass is 32.2. The van der Waals surface area contributed by atoms with E-state index in [1.165, 1.54) is 11.8 Å². The number of nitriles is 1. The summed E-state index contributed by atoms with van der Waals surface area (Å²) in [6.07, 6.45) is 1.79. The number of H-pyrrole nitrogens is 1. The molecule has 0 bridgehead atoms. The Hall–Kier alpha value is -2.63. The molecule has 1 aromatic carbocycles. The van der Waals surface area contributed by atoms with E-state index < -0.39 is 5.56 Å². The average Bonchev–Trinajstić information content (AvgIpc) is 2.67. The van der Waals surface area contributed by atoms with Crippen molar-refractivity contribution >= 4 is 17.7 Å². The Balaban J connectivity index is 2.09. The van der Waals surface area contributed by atoms with Gasteiger partial charge in [-0.2, -0.15) is 5.26 Å². The number of piperazine rings is 1. The summed E-state index contributed by atoms with van der Waals surface area (Å²) in [5.41, 5.74) is 0.636. The van der Waals surface area contributed by atoms with Crippen molar-refractivity contribution in [1.82, 2.24) is 19.8 Å². The maximum Gasteiger partial charge on any atom is 0.270 e. The van der Waals surface area contributed by atoms with Gasteiger partial charge in [0.2, 0.25) is 0 Å². The van der Waals surface area contributed by atoms with E-state index in [1.54, 1.807) is 35.4 Å². The molecule has 1 amide bonds. The zero-order valence-corrected chi connectivity index (χ0v) is 15.5. The van der Waals surface area contributed by atoms with Crippen molar-refractivity contribution in [2.24, 2.45) is 0 Å². The summed E-state index contributed by atoms with van der Waals surface area (Å²) in [5, 5.41) is 9.82. The summed E-state index contributed by atoms with van der Waals surface area (Å²) in [6.45, 7) is 2.93. The predicted octanol–water partition coefficient (Wildman–Crippen LogP) is 1.42. The third-order valence-corrected chi connectivity index (χ3v) is 4.99. The van der Waals surface area contributed by atoms with Gasteiger partial charge in [0, 0.05) is 37.3 Å². The highest BCUT2D eigenvalue weighted by Gasteiger charge is 2.24. The predicted molar refractivity (Wildman–Crippen MR) is 100 cm³/mol. The number of hydrogen-bond donors (Lipinski definition) is 1. The quantitative estimate of drug-likeness (QED) is 0.650. The molecule has 1 fully saturated rings. The van der Waals surface area contributed by atoms with Crippen molar-refractivity contribution in [1.29, 1.82) is 5.26 Å². The van der Waals surface area contributed by atoms with Crippen LogP contribution in [0.3, 0.4) is 0 Å². The lowest BCUT2D eigenvalue weighted by molar-refractivity contribution is 0.0665. The van der Waals surface area contributed by atoms with E-state index in [1.807, 2.05) is 13.1 Å². The summed E-state index contributed by atoms with van der Waals surface area (Å²) in [4.78, 5) is 36.2. The van der Waals surface area contributed by atoms with Crippen LogP contribution >= 0.6 is 11.8 Å². The normalized spacial score (nSPS) is 14.9. The van der Waals surface area contributed by atoms with Crippen LogP contribution < -0.4 is 5.56 Å². The highest BCUT2D eigenvalue weighted by Crippen LogP contribution is 2.26. The Morgan fingerprint density at radius 1 is 1.27 bits per heavy atom. The van der Waals surface area contributed by atoms with Crippen molar-refractivity contribution in [3.05, 3.63) is 45.7 Å². The molecule has 2 aromatic rings. The van der Waals surface area contributed by atoms with Gasteiger partial charge in [0.1, 0.15) is 11.6 Å². The van der Waals surface area contributed by atoms with E-state index in [2.05, 4.69) is 14.9 Å². The SMILES string of the molecule is CSc1nc(-c2ccccc2C(=O)N2CCN(C)CC2)c(C#N)c(=O)[nH]1. The summed E-state index contributed by atoms with van der Waals surface area (Å²) in [7, 11) is 2.03. The van der Waals surface area contributed by atoms with Gasteiger partial charge in [-0.1, -0.05) is 30.0 Å². The fraction of sp³-hybridized carbons (Fsp3) is 0.333. The number of aromatic amines is 1. The number of benzene rings is 1. The highest BCUT2D eigenvalue weighted by molar-refractivity contribution is 7.98. The summed E-state index contributed by atoms with van der Waals surface area (Å²) < 4.78 is 0. The van der Waals surface area contributed by atoms with Gasteiger partial charge in [-0.3, -0.25) is 9.59 Å². The zero-order valence-electron chi connectivity index (χ0n) is 14.7. The number of nitrogens with zero attached hydrogens (tertiary/aromatic N) is 4. The van der Waals surface area contributed by atoms with Crippen LogP contribution in [0.2, 0.25) is 0 Å². The molecular formula is C18H19N5O2S. The van der Waals surface area contributed by atoms with Crippen molar-refractivity contribution < 1.29 is 4.79 Å². The zero-order chi connectivity index (χ0) is 18.7. The minimum Gasteiger partial charge on any atom is -0.336 e. The third kappa shape index (κ3) is 3.49. The van der Waals surface area contributed by atoms with Crippen LogP contribution in [0.4, 0.5) is 0 Å². The van der Waals surface area contributed by atoms with E-state index in [0.29, 0.717) is 29.4 Å². The fourth-order valence-corrected chi connectivity index (χ4v) is 3.28. The minimum absolute atomic E-state index is 0.0820. The smallest absolute Gasteiger partial charge is 0.270 e. The summed E-state index contributed by atoms with van der Waals surface area (Å²) in [6, 6.07) is 8.93. The van der Waals surface area contributed by atoms with E-state index in [4.69, 9.17) is 0 Å². The number of carbonyl (C=O) groups excluding carboxylic acids is 1. The van der Waals surface area contributed by atoms with E-state index in [0.717, 1.165) is 13.1 Å². The van der Waals surface area contributed by atoms with Crippen molar-refractivity contribution in [2.45, 2.75) is 5.16 Å². The van der Waals surface area contributed by atoms with Crippen molar-refractivity contribution in [3.8, 4) is 17.3 Å². The van der Waals surface area contributed by atoms with Crippen LogP contribution in [-0.2, 0) is 0 Å². The van der Waals surface area contributed by atoms with Crippen LogP contribution in [0.15, 0.2) is 34.2 Å². The molecule has 0 atom stereocenters.